The second-order valence-corrected chi connectivity index (χ2v) is 6.22. The molecule has 0 fully saturated rings. The van der Waals surface area contributed by atoms with Crippen LogP contribution in [0.3, 0.4) is 0 Å². The Bertz CT molecular complexity index is 154. The van der Waals surface area contributed by atoms with Crippen LogP contribution in [0.1, 0.15) is 25.7 Å². The van der Waals surface area contributed by atoms with E-state index in [1.807, 2.05) is 23.5 Å². The number of rotatable bonds is 12. The van der Waals surface area contributed by atoms with E-state index in [1.165, 1.54) is 0 Å². The molecule has 0 rings (SSSR count). The van der Waals surface area contributed by atoms with E-state index >= 15 is 0 Å². The van der Waals surface area contributed by atoms with Crippen molar-refractivity contribution in [3.8, 4) is 0 Å². The molecule has 0 heterocycles. The number of hydrogen-bond donors (Lipinski definition) is 0. The minimum atomic E-state index is -1.89. The summed E-state index contributed by atoms with van der Waals surface area (Å²) < 4.78 is 21.3. The van der Waals surface area contributed by atoms with Gasteiger partial charge in [-0.2, -0.15) is 23.5 Å². The summed E-state index contributed by atoms with van der Waals surface area (Å²) in [6.45, 7) is 1.08. The minimum Gasteiger partial charge on any atom is -0.165 e. The van der Waals surface area contributed by atoms with Gasteiger partial charge in [-0.1, -0.05) is 0 Å². The van der Waals surface area contributed by atoms with Gasteiger partial charge in [0.05, 0.1) is 0 Å². The standard InChI is InChI=1S/C10H22O3PS2/c1-15-9-5-3-7-12-14(11)13-8-4-6-10-16-2/h3-10H2,1-2H3/q+1. The van der Waals surface area contributed by atoms with Crippen LogP contribution in [0, 0.1) is 0 Å². The predicted molar refractivity (Wildman–Crippen MR) is 74.7 cm³/mol. The molecule has 0 spiro atoms. The number of thioether (sulfide) groups is 2. The molecule has 0 atom stereocenters. The summed E-state index contributed by atoms with van der Waals surface area (Å²) in [5.74, 6) is 2.27. The molecule has 0 aromatic rings. The van der Waals surface area contributed by atoms with Gasteiger partial charge in [0, 0.05) is 4.57 Å². The predicted octanol–water partition coefficient (Wildman–Crippen LogP) is 3.96. The van der Waals surface area contributed by atoms with Crippen LogP contribution in [0.15, 0.2) is 0 Å². The topological polar surface area (TPSA) is 35.5 Å². The van der Waals surface area contributed by atoms with Crippen molar-refractivity contribution in [3.63, 3.8) is 0 Å². The largest absolute Gasteiger partial charge is 0.697 e. The third-order valence-electron chi connectivity index (χ3n) is 1.88. The van der Waals surface area contributed by atoms with Gasteiger partial charge < -0.3 is 0 Å². The average Bonchev–Trinajstić information content (AvgIpc) is 2.28. The molecule has 3 nitrogen and oxygen atoms in total. The van der Waals surface area contributed by atoms with Gasteiger partial charge in [-0.25, -0.2) is 0 Å². The van der Waals surface area contributed by atoms with Crippen molar-refractivity contribution >= 4 is 31.8 Å². The Hall–Kier alpha value is 0.720. The van der Waals surface area contributed by atoms with Crippen molar-refractivity contribution in [3.05, 3.63) is 0 Å². The van der Waals surface area contributed by atoms with Crippen molar-refractivity contribution < 1.29 is 13.6 Å². The van der Waals surface area contributed by atoms with E-state index in [0.29, 0.717) is 13.2 Å². The minimum absolute atomic E-state index is 0.542. The van der Waals surface area contributed by atoms with Crippen molar-refractivity contribution in [1.29, 1.82) is 0 Å². The Kier molecular flexibility index (Phi) is 14.4. The zero-order chi connectivity index (χ0) is 12.1. The molecular formula is C10H22O3PS2+. The van der Waals surface area contributed by atoms with E-state index in [2.05, 4.69) is 12.5 Å². The highest BCUT2D eigenvalue weighted by Crippen LogP contribution is 2.24. The van der Waals surface area contributed by atoms with E-state index in [4.69, 9.17) is 9.05 Å². The molecule has 0 radical (unpaired) electrons. The molecule has 0 amide bonds. The summed E-state index contributed by atoms with van der Waals surface area (Å²) in [4.78, 5) is 0. The Labute approximate surface area is 108 Å². The summed E-state index contributed by atoms with van der Waals surface area (Å²) in [5, 5.41) is 0. The van der Waals surface area contributed by atoms with Crippen LogP contribution in [-0.4, -0.2) is 37.2 Å². The smallest absolute Gasteiger partial charge is 0.165 e. The highest BCUT2D eigenvalue weighted by molar-refractivity contribution is 7.98. The molecule has 6 heteroatoms. The lowest BCUT2D eigenvalue weighted by Crippen LogP contribution is -1.93. The molecule has 96 valence electrons. The molecule has 0 saturated heterocycles. The lowest BCUT2D eigenvalue weighted by atomic mass is 10.4. The van der Waals surface area contributed by atoms with Gasteiger partial charge in [-0.05, 0) is 49.7 Å². The molecule has 0 aliphatic carbocycles. The Morgan fingerprint density at radius 2 is 1.31 bits per heavy atom. The quantitative estimate of drug-likeness (QED) is 0.400. The Balaban J connectivity index is 3.12. The van der Waals surface area contributed by atoms with Gasteiger partial charge in [-0.15, -0.1) is 9.05 Å². The van der Waals surface area contributed by atoms with Gasteiger partial charge in [0.2, 0.25) is 0 Å². The van der Waals surface area contributed by atoms with Gasteiger partial charge in [0.1, 0.15) is 13.2 Å². The third kappa shape index (κ3) is 12.8. The maximum atomic E-state index is 11.2. The molecule has 16 heavy (non-hydrogen) atoms. The highest BCUT2D eigenvalue weighted by Gasteiger charge is 2.18. The first-order valence-electron chi connectivity index (χ1n) is 5.52. The van der Waals surface area contributed by atoms with E-state index in [0.717, 1.165) is 37.2 Å². The van der Waals surface area contributed by atoms with Crippen LogP contribution in [0.4, 0.5) is 0 Å². The molecule has 0 N–H and O–H groups in total. The first kappa shape index (κ1) is 16.7. The number of unbranched alkanes of at least 4 members (excludes halogenated alkanes) is 2. The Morgan fingerprint density at radius 3 is 1.69 bits per heavy atom. The molecular weight excluding hydrogens is 263 g/mol. The van der Waals surface area contributed by atoms with Crippen LogP contribution in [0.5, 0.6) is 0 Å². The molecule has 0 aromatic carbocycles. The first-order valence-corrected chi connectivity index (χ1v) is 9.40. The molecule has 0 aromatic heterocycles. The van der Waals surface area contributed by atoms with Gasteiger partial charge >= 0.3 is 8.25 Å². The second kappa shape index (κ2) is 13.8. The maximum Gasteiger partial charge on any atom is 0.697 e. The Morgan fingerprint density at radius 1 is 0.875 bits per heavy atom. The van der Waals surface area contributed by atoms with Gasteiger partial charge in [0.25, 0.3) is 0 Å². The van der Waals surface area contributed by atoms with Crippen LogP contribution in [-0.2, 0) is 13.6 Å². The zero-order valence-electron chi connectivity index (χ0n) is 10.1. The zero-order valence-corrected chi connectivity index (χ0v) is 12.7. The van der Waals surface area contributed by atoms with E-state index in [9.17, 15) is 4.57 Å². The van der Waals surface area contributed by atoms with E-state index in [1.54, 1.807) is 0 Å². The molecule has 0 aliphatic rings. The summed E-state index contributed by atoms with van der Waals surface area (Å²) in [6, 6.07) is 0. The van der Waals surface area contributed by atoms with Crippen molar-refractivity contribution in [2.24, 2.45) is 0 Å². The average molecular weight is 285 g/mol. The first-order chi connectivity index (χ1) is 7.81. The lowest BCUT2D eigenvalue weighted by molar-refractivity contribution is 0.221. The SMILES string of the molecule is CSCCCCO[P+](=O)OCCCCSC. The summed E-state index contributed by atoms with van der Waals surface area (Å²) in [6.07, 6.45) is 8.30. The molecule has 0 bridgehead atoms. The fraction of sp³-hybridized carbons (Fsp3) is 1.00. The van der Waals surface area contributed by atoms with Gasteiger partial charge in [-0.3, -0.25) is 0 Å². The van der Waals surface area contributed by atoms with Crippen LogP contribution in [0.25, 0.3) is 0 Å². The van der Waals surface area contributed by atoms with E-state index in [-0.39, 0.29) is 0 Å². The third-order valence-corrected chi connectivity index (χ3v) is 4.06. The summed E-state index contributed by atoms with van der Waals surface area (Å²) >= 11 is 3.64. The fourth-order valence-corrected chi connectivity index (χ4v) is 2.63. The molecule has 0 aliphatic heterocycles. The highest BCUT2D eigenvalue weighted by atomic mass is 32.2. The van der Waals surface area contributed by atoms with Crippen molar-refractivity contribution in [1.82, 2.24) is 0 Å². The normalized spacial score (nSPS) is 10.6. The number of hydrogen-bond acceptors (Lipinski definition) is 5. The van der Waals surface area contributed by atoms with Crippen molar-refractivity contribution in [2.75, 3.05) is 37.2 Å². The molecule has 0 unspecified atom stereocenters. The monoisotopic (exact) mass is 285 g/mol. The summed E-state index contributed by atoms with van der Waals surface area (Å²) in [7, 11) is -1.89. The fourth-order valence-electron chi connectivity index (χ4n) is 1.01. The van der Waals surface area contributed by atoms with Gasteiger partial charge in [0.15, 0.2) is 0 Å². The van der Waals surface area contributed by atoms with E-state index < -0.39 is 8.25 Å². The second-order valence-electron chi connectivity index (χ2n) is 3.29. The van der Waals surface area contributed by atoms with Crippen LogP contribution in [0.2, 0.25) is 0 Å². The molecule has 0 saturated carbocycles. The van der Waals surface area contributed by atoms with Crippen LogP contribution >= 0.6 is 31.8 Å². The lowest BCUT2D eigenvalue weighted by Gasteiger charge is -1.95. The van der Waals surface area contributed by atoms with Crippen molar-refractivity contribution in [2.45, 2.75) is 25.7 Å². The summed E-state index contributed by atoms with van der Waals surface area (Å²) in [5.41, 5.74) is 0. The maximum absolute atomic E-state index is 11.2. The van der Waals surface area contributed by atoms with Crippen LogP contribution < -0.4 is 0 Å².